The molecule has 0 aliphatic carbocycles. The van der Waals surface area contributed by atoms with Crippen molar-refractivity contribution >= 4 is 5.97 Å². The van der Waals surface area contributed by atoms with Crippen LogP contribution < -0.4 is 4.74 Å². The van der Waals surface area contributed by atoms with Gasteiger partial charge in [0.15, 0.2) is 0 Å². The molecule has 0 aliphatic heterocycles. The third-order valence-corrected chi connectivity index (χ3v) is 3.86. The van der Waals surface area contributed by atoms with Crippen molar-refractivity contribution in [3.05, 3.63) is 90.2 Å². The molecule has 2 aromatic rings. The molecule has 4 heteroatoms. The first-order chi connectivity index (χ1) is 13.2. The van der Waals surface area contributed by atoms with Crippen LogP contribution in [0.5, 0.6) is 5.75 Å². The lowest BCUT2D eigenvalue weighted by Gasteiger charge is -2.08. The number of hydrogen-bond donors (Lipinski definition) is 0. The van der Waals surface area contributed by atoms with Crippen LogP contribution >= 0.6 is 0 Å². The quantitative estimate of drug-likeness (QED) is 0.255. The van der Waals surface area contributed by atoms with Gasteiger partial charge >= 0.3 is 5.97 Å². The molecular weight excluding hydrogens is 340 g/mol. The van der Waals surface area contributed by atoms with Crippen LogP contribution in [-0.2, 0) is 27.1 Å². The van der Waals surface area contributed by atoms with Crippen LogP contribution in [0.2, 0.25) is 0 Å². The van der Waals surface area contributed by atoms with E-state index in [2.05, 4.69) is 43.0 Å². The minimum Gasteiger partial charge on any atom is -0.498 e. The predicted molar refractivity (Wildman–Crippen MR) is 107 cm³/mol. The maximum absolute atomic E-state index is 11.0. The first-order valence-electron chi connectivity index (χ1n) is 9.03. The number of ether oxygens (including phenoxy) is 3. The van der Waals surface area contributed by atoms with Crippen LogP contribution in [-0.4, -0.2) is 25.8 Å². The Morgan fingerprint density at radius 2 is 1.56 bits per heavy atom. The summed E-state index contributed by atoms with van der Waals surface area (Å²) in [4.78, 5) is 11.0. The van der Waals surface area contributed by atoms with E-state index in [1.54, 1.807) is 6.26 Å². The lowest BCUT2D eigenvalue weighted by Crippen LogP contribution is -2.04. The minimum absolute atomic E-state index is 0.367. The first-order valence-corrected chi connectivity index (χ1v) is 9.03. The van der Waals surface area contributed by atoms with Crippen molar-refractivity contribution in [1.82, 2.24) is 0 Å². The highest BCUT2D eigenvalue weighted by molar-refractivity contribution is 5.81. The van der Waals surface area contributed by atoms with E-state index >= 15 is 0 Å². The lowest BCUT2D eigenvalue weighted by molar-refractivity contribution is -0.137. The van der Waals surface area contributed by atoms with Crippen LogP contribution in [0.4, 0.5) is 0 Å². The Labute approximate surface area is 161 Å². The molecule has 0 bridgehead atoms. The molecule has 27 heavy (non-hydrogen) atoms. The molecule has 0 atom stereocenters. The van der Waals surface area contributed by atoms with E-state index in [-0.39, 0.29) is 5.97 Å². The summed E-state index contributed by atoms with van der Waals surface area (Å²) >= 11 is 0. The van der Waals surface area contributed by atoms with Gasteiger partial charge in [-0.25, -0.2) is 4.79 Å². The maximum atomic E-state index is 11.0. The second-order valence-electron chi connectivity index (χ2n) is 5.95. The molecule has 0 saturated carbocycles. The Hall–Kier alpha value is -3.01. The van der Waals surface area contributed by atoms with Gasteiger partial charge in [0.05, 0.1) is 12.9 Å². The van der Waals surface area contributed by atoms with Gasteiger partial charge in [-0.2, -0.15) is 0 Å². The zero-order valence-electron chi connectivity index (χ0n) is 15.7. The molecule has 0 spiro atoms. The van der Waals surface area contributed by atoms with Crippen LogP contribution in [0.25, 0.3) is 0 Å². The van der Waals surface area contributed by atoms with Crippen molar-refractivity contribution in [2.24, 2.45) is 0 Å². The van der Waals surface area contributed by atoms with Gasteiger partial charge in [-0.1, -0.05) is 49.1 Å². The number of rotatable bonds is 11. The molecule has 0 fully saturated rings. The fourth-order valence-corrected chi connectivity index (χ4v) is 2.46. The fourth-order valence-electron chi connectivity index (χ4n) is 2.46. The summed E-state index contributed by atoms with van der Waals surface area (Å²) in [5.74, 6) is 0.455. The largest absolute Gasteiger partial charge is 0.498 e. The number of carbonyl (C=O) groups excluding carboxylic acids is 1. The maximum Gasteiger partial charge on any atom is 0.330 e. The summed E-state index contributed by atoms with van der Waals surface area (Å²) in [7, 11) is 0. The van der Waals surface area contributed by atoms with Gasteiger partial charge in [0.25, 0.3) is 0 Å². The van der Waals surface area contributed by atoms with Crippen molar-refractivity contribution in [1.29, 1.82) is 0 Å². The van der Waals surface area contributed by atoms with Crippen molar-refractivity contribution in [3.8, 4) is 5.75 Å². The number of benzene rings is 2. The zero-order valence-corrected chi connectivity index (χ0v) is 15.7. The Balaban J connectivity index is 1.77. The molecule has 2 aromatic carbocycles. The minimum atomic E-state index is -0.385. The Morgan fingerprint density at radius 3 is 2.19 bits per heavy atom. The average Bonchev–Trinajstić information content (AvgIpc) is 2.70. The second kappa shape index (κ2) is 11.6. The lowest BCUT2D eigenvalue weighted by atomic mass is 10.0. The number of carbonyl (C=O) groups is 1. The highest BCUT2D eigenvalue weighted by Crippen LogP contribution is 2.16. The third-order valence-electron chi connectivity index (χ3n) is 3.86. The van der Waals surface area contributed by atoms with E-state index in [0.717, 1.165) is 17.7 Å². The average molecular weight is 366 g/mol. The van der Waals surface area contributed by atoms with E-state index in [1.165, 1.54) is 17.2 Å². The molecule has 142 valence electrons. The van der Waals surface area contributed by atoms with Crippen molar-refractivity contribution in [2.45, 2.75) is 19.8 Å². The highest BCUT2D eigenvalue weighted by Gasteiger charge is 2.01. The molecule has 0 amide bonds. The summed E-state index contributed by atoms with van der Waals surface area (Å²) < 4.78 is 15.9. The normalized spacial score (nSPS) is 10.6. The van der Waals surface area contributed by atoms with Crippen molar-refractivity contribution < 1.29 is 19.0 Å². The molecule has 0 aromatic heterocycles. The molecule has 0 heterocycles. The van der Waals surface area contributed by atoms with E-state index in [0.29, 0.717) is 26.2 Å². The summed E-state index contributed by atoms with van der Waals surface area (Å²) in [5, 5.41) is 0. The summed E-state index contributed by atoms with van der Waals surface area (Å²) in [6, 6.07) is 16.5. The number of esters is 1. The zero-order chi connectivity index (χ0) is 19.3. The van der Waals surface area contributed by atoms with Crippen molar-refractivity contribution in [2.75, 3.05) is 19.8 Å². The second-order valence-corrected chi connectivity index (χ2v) is 5.95. The fraction of sp³-hybridized carbons (Fsp3) is 0.261. The standard InChI is InChI=1S/C23H26O4/c1-3-14-25-16-17-26-22-11-9-21(10-12-22)18-20-7-5-19(6-8-20)13-15-27-23(24)4-2/h3-12,14H,2,13,15-18H2,1H3. The van der Waals surface area contributed by atoms with Gasteiger partial charge in [-0.3, -0.25) is 0 Å². The first kappa shape index (κ1) is 20.3. The Morgan fingerprint density at radius 1 is 0.926 bits per heavy atom. The number of allylic oxidation sites excluding steroid dienone is 1. The smallest absolute Gasteiger partial charge is 0.330 e. The molecule has 2 rings (SSSR count). The van der Waals surface area contributed by atoms with E-state index in [9.17, 15) is 4.79 Å². The van der Waals surface area contributed by atoms with Gasteiger partial charge in [0.2, 0.25) is 0 Å². The molecule has 0 radical (unpaired) electrons. The summed E-state index contributed by atoms with van der Waals surface area (Å²) in [6.07, 6.45) is 6.24. The van der Waals surface area contributed by atoms with Gasteiger partial charge < -0.3 is 14.2 Å². The van der Waals surface area contributed by atoms with E-state index in [1.807, 2.05) is 25.1 Å². The SMILES string of the molecule is C=CC(=O)OCCc1ccc(Cc2ccc(OCCOC=CC)cc2)cc1. The Kier molecular flexibility index (Phi) is 8.70. The van der Waals surface area contributed by atoms with Crippen LogP contribution in [0.3, 0.4) is 0 Å². The van der Waals surface area contributed by atoms with Gasteiger partial charge in [0, 0.05) is 12.5 Å². The third kappa shape index (κ3) is 7.82. The summed E-state index contributed by atoms with van der Waals surface area (Å²) in [6.45, 7) is 6.71. The van der Waals surface area contributed by atoms with Crippen LogP contribution in [0, 0.1) is 0 Å². The Bertz CT molecular complexity index is 730. The monoisotopic (exact) mass is 366 g/mol. The molecule has 0 saturated heterocycles. The van der Waals surface area contributed by atoms with E-state index in [4.69, 9.17) is 14.2 Å². The highest BCUT2D eigenvalue weighted by atomic mass is 16.5. The van der Waals surface area contributed by atoms with Crippen LogP contribution in [0.15, 0.2) is 73.5 Å². The van der Waals surface area contributed by atoms with Crippen molar-refractivity contribution in [3.63, 3.8) is 0 Å². The van der Waals surface area contributed by atoms with E-state index < -0.39 is 0 Å². The van der Waals surface area contributed by atoms with Gasteiger partial charge in [0.1, 0.15) is 19.0 Å². The summed E-state index contributed by atoms with van der Waals surface area (Å²) in [5.41, 5.74) is 3.59. The molecule has 0 aliphatic rings. The van der Waals surface area contributed by atoms with Crippen LogP contribution in [0.1, 0.15) is 23.6 Å². The molecule has 0 unspecified atom stereocenters. The number of hydrogen-bond acceptors (Lipinski definition) is 4. The van der Waals surface area contributed by atoms with Gasteiger partial charge in [-0.05, 0) is 42.2 Å². The molecule has 0 N–H and O–H groups in total. The predicted octanol–water partition coefficient (Wildman–Crippen LogP) is 4.48. The molecule has 4 nitrogen and oxygen atoms in total. The van der Waals surface area contributed by atoms with Gasteiger partial charge in [-0.15, -0.1) is 0 Å². The molecular formula is C23H26O4. The topological polar surface area (TPSA) is 44.8 Å².